The number of rotatable bonds is 6. The second kappa shape index (κ2) is 7.13. The fraction of sp³-hybridized carbons (Fsp3) is 0.933. The monoisotopic (exact) mass is 256 g/mol. The van der Waals surface area contributed by atoms with E-state index < -0.39 is 0 Å². The molecule has 0 heterocycles. The average Bonchev–Trinajstić information content (AvgIpc) is 2.14. The number of nitrogens with one attached hydrogen (secondary N) is 1. The fourth-order valence-corrected chi connectivity index (χ4v) is 2.05. The van der Waals surface area contributed by atoms with E-state index in [2.05, 4.69) is 53.8 Å². The van der Waals surface area contributed by atoms with Gasteiger partial charge in [-0.25, -0.2) is 0 Å². The van der Waals surface area contributed by atoms with Crippen LogP contribution in [0.15, 0.2) is 0 Å². The van der Waals surface area contributed by atoms with Crippen molar-refractivity contribution >= 4 is 5.91 Å². The maximum Gasteiger partial charge on any atom is 0.221 e. The largest absolute Gasteiger partial charge is 0.356 e. The maximum absolute atomic E-state index is 11.9. The van der Waals surface area contributed by atoms with Crippen LogP contribution >= 0.6 is 0 Å². The van der Waals surface area contributed by atoms with Crippen molar-refractivity contribution in [1.29, 1.82) is 0 Å². The van der Waals surface area contributed by atoms with Crippen molar-refractivity contribution in [3.05, 3.63) is 0 Å². The molecule has 0 aliphatic carbocycles. The molecule has 3 N–H and O–H groups in total. The minimum atomic E-state index is -0.0888. The van der Waals surface area contributed by atoms with Crippen molar-refractivity contribution in [2.24, 2.45) is 28.9 Å². The van der Waals surface area contributed by atoms with Crippen molar-refractivity contribution < 1.29 is 4.79 Å². The van der Waals surface area contributed by atoms with Crippen LogP contribution in [0.4, 0.5) is 0 Å². The average molecular weight is 256 g/mol. The van der Waals surface area contributed by atoms with Gasteiger partial charge in [-0.3, -0.25) is 4.79 Å². The predicted molar refractivity (Wildman–Crippen MR) is 78.2 cm³/mol. The van der Waals surface area contributed by atoms with Gasteiger partial charge in [-0.2, -0.15) is 0 Å². The molecule has 0 rings (SSSR count). The van der Waals surface area contributed by atoms with Gasteiger partial charge in [0.05, 0.1) is 0 Å². The highest BCUT2D eigenvalue weighted by Gasteiger charge is 2.24. The summed E-state index contributed by atoms with van der Waals surface area (Å²) < 4.78 is 0. The molecule has 3 heteroatoms. The standard InChI is InChI=1S/C15H32N2O/c1-10(2)12(11(3)4)9-17-14(18)8-13(16)15(5,6)7/h10-13H,8-9,16H2,1-7H3,(H,17,18). The summed E-state index contributed by atoms with van der Waals surface area (Å²) in [5.74, 6) is 1.77. The molecule has 1 amide bonds. The van der Waals surface area contributed by atoms with Gasteiger partial charge in [0.25, 0.3) is 0 Å². The van der Waals surface area contributed by atoms with E-state index in [9.17, 15) is 4.79 Å². The fourth-order valence-electron chi connectivity index (χ4n) is 2.05. The lowest BCUT2D eigenvalue weighted by atomic mass is 9.84. The van der Waals surface area contributed by atoms with Crippen LogP contribution < -0.4 is 11.1 Å². The maximum atomic E-state index is 11.9. The Kier molecular flexibility index (Phi) is 6.90. The Hall–Kier alpha value is -0.570. The van der Waals surface area contributed by atoms with E-state index in [-0.39, 0.29) is 17.4 Å². The highest BCUT2D eigenvalue weighted by atomic mass is 16.1. The van der Waals surface area contributed by atoms with E-state index >= 15 is 0 Å². The van der Waals surface area contributed by atoms with E-state index in [1.165, 1.54) is 0 Å². The quantitative estimate of drug-likeness (QED) is 0.768. The Balaban J connectivity index is 4.18. The Labute approximate surface area is 113 Å². The minimum Gasteiger partial charge on any atom is -0.356 e. The first kappa shape index (κ1) is 17.4. The van der Waals surface area contributed by atoms with Gasteiger partial charge in [0.2, 0.25) is 5.91 Å². The molecule has 108 valence electrons. The van der Waals surface area contributed by atoms with Crippen LogP contribution in [-0.2, 0) is 4.79 Å². The van der Waals surface area contributed by atoms with Crippen molar-refractivity contribution in [3.63, 3.8) is 0 Å². The molecule has 0 aromatic heterocycles. The number of hydrogen-bond acceptors (Lipinski definition) is 2. The van der Waals surface area contributed by atoms with Crippen molar-refractivity contribution in [3.8, 4) is 0 Å². The first-order chi connectivity index (χ1) is 8.05. The van der Waals surface area contributed by atoms with Gasteiger partial charge in [-0.05, 0) is 23.2 Å². The Morgan fingerprint density at radius 3 is 1.89 bits per heavy atom. The Morgan fingerprint density at radius 2 is 1.56 bits per heavy atom. The van der Waals surface area contributed by atoms with Gasteiger partial charge >= 0.3 is 0 Å². The molecular formula is C15H32N2O. The topological polar surface area (TPSA) is 55.1 Å². The third-order valence-corrected chi connectivity index (χ3v) is 3.77. The van der Waals surface area contributed by atoms with Crippen LogP contribution in [0.25, 0.3) is 0 Å². The summed E-state index contributed by atoms with van der Waals surface area (Å²) in [6, 6.07) is -0.0888. The lowest BCUT2D eigenvalue weighted by Crippen LogP contribution is -2.42. The van der Waals surface area contributed by atoms with Gasteiger partial charge in [-0.15, -0.1) is 0 Å². The molecule has 0 spiro atoms. The zero-order chi connectivity index (χ0) is 14.5. The minimum absolute atomic E-state index is 0.0210. The summed E-state index contributed by atoms with van der Waals surface area (Å²) in [4.78, 5) is 11.9. The molecule has 0 radical (unpaired) electrons. The van der Waals surface area contributed by atoms with Gasteiger partial charge in [-0.1, -0.05) is 48.5 Å². The van der Waals surface area contributed by atoms with Crippen LogP contribution in [0.5, 0.6) is 0 Å². The molecule has 3 nitrogen and oxygen atoms in total. The first-order valence-electron chi connectivity index (χ1n) is 7.08. The summed E-state index contributed by atoms with van der Waals surface area (Å²) in [7, 11) is 0. The molecule has 1 atom stereocenters. The molecule has 0 aromatic rings. The number of carbonyl (C=O) groups excluding carboxylic acids is 1. The summed E-state index contributed by atoms with van der Waals surface area (Å²) in [6.45, 7) is 15.8. The molecule has 0 saturated heterocycles. The number of amides is 1. The molecule has 0 saturated carbocycles. The second-order valence-electron chi connectivity index (χ2n) is 7.13. The van der Waals surface area contributed by atoms with Crippen molar-refractivity contribution in [2.75, 3.05) is 6.54 Å². The van der Waals surface area contributed by atoms with E-state index in [0.29, 0.717) is 24.2 Å². The zero-order valence-corrected chi connectivity index (χ0v) is 13.2. The summed E-state index contributed by atoms with van der Waals surface area (Å²) >= 11 is 0. The summed E-state index contributed by atoms with van der Waals surface area (Å²) in [5, 5.41) is 3.03. The Bertz CT molecular complexity index is 246. The van der Waals surface area contributed by atoms with E-state index in [1.807, 2.05) is 0 Å². The highest BCUT2D eigenvalue weighted by Crippen LogP contribution is 2.21. The normalized spacial score (nSPS) is 14.4. The lowest BCUT2D eigenvalue weighted by molar-refractivity contribution is -0.122. The van der Waals surface area contributed by atoms with Crippen molar-refractivity contribution in [1.82, 2.24) is 5.32 Å². The molecule has 0 aliphatic heterocycles. The SMILES string of the molecule is CC(C)C(CNC(=O)CC(N)C(C)(C)C)C(C)C. The smallest absolute Gasteiger partial charge is 0.221 e. The second-order valence-corrected chi connectivity index (χ2v) is 7.13. The van der Waals surface area contributed by atoms with Crippen LogP contribution in [0.1, 0.15) is 54.9 Å². The number of carbonyl (C=O) groups is 1. The van der Waals surface area contributed by atoms with Gasteiger partial charge < -0.3 is 11.1 Å². The molecule has 0 aliphatic rings. The van der Waals surface area contributed by atoms with Crippen LogP contribution in [0.3, 0.4) is 0 Å². The molecule has 0 bridgehead atoms. The van der Waals surface area contributed by atoms with E-state index in [1.54, 1.807) is 0 Å². The van der Waals surface area contributed by atoms with Gasteiger partial charge in [0.15, 0.2) is 0 Å². The van der Waals surface area contributed by atoms with Gasteiger partial charge in [0, 0.05) is 19.0 Å². The van der Waals surface area contributed by atoms with Crippen LogP contribution in [0.2, 0.25) is 0 Å². The molecule has 18 heavy (non-hydrogen) atoms. The zero-order valence-electron chi connectivity index (χ0n) is 13.2. The Morgan fingerprint density at radius 1 is 1.11 bits per heavy atom. The van der Waals surface area contributed by atoms with E-state index in [4.69, 9.17) is 5.73 Å². The lowest BCUT2D eigenvalue weighted by Gasteiger charge is -2.28. The molecule has 0 fully saturated rings. The van der Waals surface area contributed by atoms with Gasteiger partial charge in [0.1, 0.15) is 0 Å². The molecule has 0 aromatic carbocycles. The third kappa shape index (κ3) is 6.39. The number of nitrogens with two attached hydrogens (primary N) is 1. The van der Waals surface area contributed by atoms with Crippen molar-refractivity contribution in [2.45, 2.75) is 60.9 Å². The highest BCUT2D eigenvalue weighted by molar-refractivity contribution is 5.76. The molecular weight excluding hydrogens is 224 g/mol. The van der Waals surface area contributed by atoms with Crippen LogP contribution in [-0.4, -0.2) is 18.5 Å². The first-order valence-corrected chi connectivity index (χ1v) is 7.08. The molecule has 1 unspecified atom stereocenters. The third-order valence-electron chi connectivity index (χ3n) is 3.77. The summed E-state index contributed by atoms with van der Waals surface area (Å²) in [6.07, 6.45) is 0.409. The van der Waals surface area contributed by atoms with Crippen LogP contribution in [0, 0.1) is 23.2 Å². The predicted octanol–water partition coefficient (Wildman–Crippen LogP) is 2.79. The number of hydrogen-bond donors (Lipinski definition) is 2. The van der Waals surface area contributed by atoms with E-state index in [0.717, 1.165) is 6.54 Å². The summed E-state index contributed by atoms with van der Waals surface area (Å²) in [5.41, 5.74) is 6.00.